The van der Waals surface area contributed by atoms with E-state index in [0.29, 0.717) is 11.1 Å². The molecule has 1 aromatic rings. The van der Waals surface area contributed by atoms with Crippen molar-refractivity contribution in [1.82, 2.24) is 4.98 Å². The Bertz CT molecular complexity index is 441. The first kappa shape index (κ1) is 12.1. The highest BCUT2D eigenvalue weighted by molar-refractivity contribution is 6.01. The van der Waals surface area contributed by atoms with E-state index >= 15 is 0 Å². The van der Waals surface area contributed by atoms with Crippen LogP contribution in [0.1, 0.15) is 32.0 Å². The molecule has 0 amide bonds. The molecule has 6 nitrogen and oxygen atoms in total. The van der Waals surface area contributed by atoms with Crippen LogP contribution in [0.4, 0.5) is 0 Å². The van der Waals surface area contributed by atoms with Crippen molar-refractivity contribution in [1.29, 1.82) is 0 Å². The first-order valence-corrected chi connectivity index (χ1v) is 4.43. The van der Waals surface area contributed by atoms with Crippen molar-refractivity contribution in [3.05, 3.63) is 28.6 Å². The summed E-state index contributed by atoms with van der Waals surface area (Å²) in [5.41, 5.74) is 0.179. The van der Waals surface area contributed by atoms with Crippen LogP contribution in [0, 0.1) is 6.92 Å². The molecule has 0 aromatic carbocycles. The highest BCUT2D eigenvalue weighted by Gasteiger charge is 2.21. The van der Waals surface area contributed by atoms with Crippen molar-refractivity contribution in [2.45, 2.75) is 13.5 Å². The van der Waals surface area contributed by atoms with Crippen molar-refractivity contribution < 1.29 is 24.5 Å². The number of carboxylic acid groups (broad SMARTS) is 2. The van der Waals surface area contributed by atoms with Crippen molar-refractivity contribution in [3.63, 3.8) is 0 Å². The molecule has 1 rings (SSSR count). The Kier molecular flexibility index (Phi) is 3.57. The van der Waals surface area contributed by atoms with Crippen LogP contribution in [0.25, 0.3) is 0 Å². The molecule has 0 bridgehead atoms. The van der Waals surface area contributed by atoms with E-state index in [1.807, 2.05) is 0 Å². The van der Waals surface area contributed by atoms with Gasteiger partial charge in [0.1, 0.15) is 0 Å². The average Bonchev–Trinajstić information content (AvgIpc) is 2.20. The van der Waals surface area contributed by atoms with E-state index in [0.717, 1.165) is 0 Å². The Labute approximate surface area is 91.5 Å². The quantitative estimate of drug-likeness (QED) is 0.791. The largest absolute Gasteiger partial charge is 0.478 e. The molecule has 0 atom stereocenters. The fourth-order valence-electron chi connectivity index (χ4n) is 1.37. The molecular weight excluding hydrogens is 214 g/mol. The summed E-state index contributed by atoms with van der Waals surface area (Å²) in [7, 11) is 1.46. The minimum atomic E-state index is -1.36. The molecule has 0 aliphatic heterocycles. The second-order valence-corrected chi connectivity index (χ2v) is 3.18. The second-order valence-electron chi connectivity index (χ2n) is 3.18. The topological polar surface area (TPSA) is 96.7 Å². The normalized spacial score (nSPS) is 10.1. The number of rotatable bonds is 4. The molecule has 16 heavy (non-hydrogen) atoms. The van der Waals surface area contributed by atoms with Gasteiger partial charge < -0.3 is 14.9 Å². The molecule has 0 aliphatic carbocycles. The minimum Gasteiger partial charge on any atom is -0.478 e. The Hall–Kier alpha value is -1.95. The van der Waals surface area contributed by atoms with E-state index in [1.165, 1.54) is 20.2 Å². The number of carbonyl (C=O) groups is 2. The van der Waals surface area contributed by atoms with Crippen LogP contribution in [0.2, 0.25) is 0 Å². The molecule has 1 aromatic heterocycles. The fourth-order valence-corrected chi connectivity index (χ4v) is 1.37. The van der Waals surface area contributed by atoms with Gasteiger partial charge in [-0.1, -0.05) is 0 Å². The zero-order valence-corrected chi connectivity index (χ0v) is 8.85. The monoisotopic (exact) mass is 225 g/mol. The number of nitrogens with zero attached hydrogens (tertiary/aromatic N) is 1. The number of aromatic carboxylic acids is 2. The lowest BCUT2D eigenvalue weighted by Gasteiger charge is -2.09. The van der Waals surface area contributed by atoms with E-state index in [-0.39, 0.29) is 12.2 Å². The molecule has 0 spiro atoms. The lowest BCUT2D eigenvalue weighted by atomic mass is 10.0. The first-order valence-electron chi connectivity index (χ1n) is 4.43. The number of carboxylic acids is 2. The Morgan fingerprint density at radius 1 is 1.38 bits per heavy atom. The predicted octanol–water partition coefficient (Wildman–Crippen LogP) is 0.933. The van der Waals surface area contributed by atoms with E-state index in [9.17, 15) is 9.59 Å². The van der Waals surface area contributed by atoms with Crippen LogP contribution < -0.4 is 0 Å². The highest BCUT2D eigenvalue weighted by atomic mass is 16.5. The summed E-state index contributed by atoms with van der Waals surface area (Å²) in [6, 6.07) is 0. The van der Waals surface area contributed by atoms with E-state index in [4.69, 9.17) is 14.9 Å². The lowest BCUT2D eigenvalue weighted by Crippen LogP contribution is -2.14. The molecule has 1 heterocycles. The van der Waals surface area contributed by atoms with Gasteiger partial charge in [-0.15, -0.1) is 0 Å². The number of hydrogen-bond donors (Lipinski definition) is 2. The smallest absolute Gasteiger partial charge is 0.355 e. The molecular formula is C10H11NO5. The third-order valence-corrected chi connectivity index (χ3v) is 2.16. The summed E-state index contributed by atoms with van der Waals surface area (Å²) in [5.74, 6) is -2.66. The molecule has 0 saturated heterocycles. The molecule has 0 aliphatic rings. The molecule has 0 unspecified atom stereocenters. The third kappa shape index (κ3) is 2.17. The number of methoxy groups -OCH3 is 1. The number of aromatic nitrogens is 1. The molecule has 0 fully saturated rings. The van der Waals surface area contributed by atoms with Gasteiger partial charge in [0.05, 0.1) is 12.2 Å². The number of hydrogen-bond acceptors (Lipinski definition) is 4. The van der Waals surface area contributed by atoms with Crippen molar-refractivity contribution in [2.75, 3.05) is 7.11 Å². The summed E-state index contributed by atoms with van der Waals surface area (Å²) < 4.78 is 4.86. The van der Waals surface area contributed by atoms with E-state index in [2.05, 4.69) is 4.98 Å². The van der Waals surface area contributed by atoms with Gasteiger partial charge in [-0.3, -0.25) is 0 Å². The van der Waals surface area contributed by atoms with Crippen molar-refractivity contribution in [3.8, 4) is 0 Å². The zero-order chi connectivity index (χ0) is 12.3. The van der Waals surface area contributed by atoms with Crippen LogP contribution in [0.5, 0.6) is 0 Å². The van der Waals surface area contributed by atoms with Crippen LogP contribution in [0.3, 0.4) is 0 Å². The Morgan fingerprint density at radius 3 is 2.44 bits per heavy atom. The maximum Gasteiger partial charge on any atom is 0.355 e. The van der Waals surface area contributed by atoms with Gasteiger partial charge in [0, 0.05) is 13.3 Å². The standard InChI is InChI=1S/C10H11NO5/c1-5-6(4-16-2)3-11-8(10(14)15)7(5)9(12)13/h3H,4H2,1-2H3,(H,12,13)(H,14,15). The maximum atomic E-state index is 11.0. The van der Waals surface area contributed by atoms with Crippen molar-refractivity contribution in [2.24, 2.45) is 0 Å². The van der Waals surface area contributed by atoms with Gasteiger partial charge in [-0.05, 0) is 18.1 Å². The van der Waals surface area contributed by atoms with E-state index < -0.39 is 17.6 Å². The van der Waals surface area contributed by atoms with Gasteiger partial charge >= 0.3 is 11.9 Å². The molecule has 0 radical (unpaired) electrons. The molecule has 2 N–H and O–H groups in total. The van der Waals surface area contributed by atoms with Gasteiger partial charge in [0.15, 0.2) is 5.69 Å². The number of pyridine rings is 1. The summed E-state index contributed by atoms with van der Waals surface area (Å²) in [6.07, 6.45) is 1.31. The van der Waals surface area contributed by atoms with Crippen LogP contribution in [0.15, 0.2) is 6.20 Å². The van der Waals surface area contributed by atoms with Crippen LogP contribution in [-0.4, -0.2) is 34.2 Å². The highest BCUT2D eigenvalue weighted by Crippen LogP contribution is 2.17. The lowest BCUT2D eigenvalue weighted by molar-refractivity contribution is 0.0645. The predicted molar refractivity (Wildman–Crippen MR) is 53.6 cm³/mol. The van der Waals surface area contributed by atoms with Gasteiger partial charge in [0.2, 0.25) is 0 Å². The molecule has 86 valence electrons. The second kappa shape index (κ2) is 4.71. The maximum absolute atomic E-state index is 11.0. The van der Waals surface area contributed by atoms with E-state index in [1.54, 1.807) is 0 Å². The first-order chi connectivity index (χ1) is 7.49. The van der Waals surface area contributed by atoms with Crippen LogP contribution in [-0.2, 0) is 11.3 Å². The molecule has 0 saturated carbocycles. The summed E-state index contributed by atoms with van der Waals surface area (Å²) in [6.45, 7) is 1.73. The summed E-state index contributed by atoms with van der Waals surface area (Å²) in [5, 5.41) is 17.7. The summed E-state index contributed by atoms with van der Waals surface area (Å²) >= 11 is 0. The minimum absolute atomic E-state index is 0.193. The van der Waals surface area contributed by atoms with Crippen LogP contribution >= 0.6 is 0 Å². The molecule has 6 heteroatoms. The zero-order valence-electron chi connectivity index (χ0n) is 8.85. The third-order valence-electron chi connectivity index (χ3n) is 2.16. The number of ether oxygens (including phenoxy) is 1. The Balaban J connectivity index is 3.41. The fraction of sp³-hybridized carbons (Fsp3) is 0.300. The van der Waals surface area contributed by atoms with Crippen molar-refractivity contribution >= 4 is 11.9 Å². The van der Waals surface area contributed by atoms with Gasteiger partial charge in [0.25, 0.3) is 0 Å². The Morgan fingerprint density at radius 2 is 2.00 bits per heavy atom. The summed E-state index contributed by atoms with van der Waals surface area (Å²) in [4.78, 5) is 25.4. The SMILES string of the molecule is COCc1cnc(C(=O)O)c(C(=O)O)c1C. The average molecular weight is 225 g/mol. The van der Waals surface area contributed by atoms with Gasteiger partial charge in [-0.2, -0.15) is 0 Å². The van der Waals surface area contributed by atoms with Gasteiger partial charge in [-0.25, -0.2) is 14.6 Å².